The van der Waals surface area contributed by atoms with Crippen LogP contribution in [0.5, 0.6) is 0 Å². The first kappa shape index (κ1) is 23.7. The van der Waals surface area contributed by atoms with E-state index in [4.69, 9.17) is 5.73 Å². The molecule has 3 N–H and O–H groups in total. The van der Waals surface area contributed by atoms with E-state index in [9.17, 15) is 14.7 Å². The van der Waals surface area contributed by atoms with E-state index in [-0.39, 0.29) is 24.8 Å². The number of aliphatic imine (C=N–C) groups is 1. The monoisotopic (exact) mass is 460 g/mol. The smallest absolute Gasteiger partial charge is 0.253 e. The van der Waals surface area contributed by atoms with Crippen LogP contribution in [0.2, 0.25) is 0 Å². The third-order valence-corrected chi connectivity index (χ3v) is 6.28. The first-order chi connectivity index (χ1) is 16.5. The molecule has 7 nitrogen and oxygen atoms in total. The highest BCUT2D eigenvalue weighted by Gasteiger charge is 2.22. The van der Waals surface area contributed by atoms with Crippen molar-refractivity contribution in [2.75, 3.05) is 32.8 Å². The molecule has 34 heavy (non-hydrogen) atoms. The zero-order chi connectivity index (χ0) is 24.1. The molecule has 1 saturated heterocycles. The molecule has 178 valence electrons. The number of amides is 2. The van der Waals surface area contributed by atoms with E-state index in [1.165, 1.54) is 0 Å². The van der Waals surface area contributed by atoms with Gasteiger partial charge in [0.25, 0.3) is 5.91 Å². The Hall–Kier alpha value is -3.45. The molecule has 1 fully saturated rings. The summed E-state index contributed by atoms with van der Waals surface area (Å²) in [6.07, 6.45) is 5.07. The summed E-state index contributed by atoms with van der Waals surface area (Å²) in [6, 6.07) is 13.6. The number of nitrogens with two attached hydrogens (primary N) is 1. The maximum atomic E-state index is 13.1. The first-order valence-corrected chi connectivity index (χ1v) is 12.0. The van der Waals surface area contributed by atoms with Gasteiger partial charge in [0.15, 0.2) is 0 Å². The maximum Gasteiger partial charge on any atom is 0.253 e. The van der Waals surface area contributed by atoms with Gasteiger partial charge < -0.3 is 20.6 Å². The molecule has 2 heterocycles. The lowest BCUT2D eigenvalue weighted by molar-refractivity contribution is -0.127. The number of benzene rings is 2. The number of aliphatic hydroxyl groups is 1. The summed E-state index contributed by atoms with van der Waals surface area (Å²) in [5, 5.41) is 9.33. The van der Waals surface area contributed by atoms with Crippen molar-refractivity contribution in [2.24, 2.45) is 10.7 Å². The second kappa shape index (κ2) is 10.7. The lowest BCUT2D eigenvalue weighted by atomic mass is 9.99. The van der Waals surface area contributed by atoms with Crippen LogP contribution in [-0.2, 0) is 4.79 Å². The van der Waals surface area contributed by atoms with Crippen molar-refractivity contribution in [2.45, 2.75) is 32.6 Å². The highest BCUT2D eigenvalue weighted by molar-refractivity contribution is 6.05. The van der Waals surface area contributed by atoms with Gasteiger partial charge in [-0.15, -0.1) is 0 Å². The van der Waals surface area contributed by atoms with E-state index in [0.717, 1.165) is 49.0 Å². The highest BCUT2D eigenvalue weighted by Crippen LogP contribution is 2.32. The Bertz CT molecular complexity index is 1110. The average molecular weight is 461 g/mol. The maximum absolute atomic E-state index is 13.1. The van der Waals surface area contributed by atoms with Gasteiger partial charge in [0.1, 0.15) is 5.84 Å². The number of amidine groups is 1. The van der Waals surface area contributed by atoms with Gasteiger partial charge in [-0.1, -0.05) is 31.2 Å². The van der Waals surface area contributed by atoms with Crippen molar-refractivity contribution in [3.63, 3.8) is 0 Å². The number of carbonyl (C=O) groups is 2. The number of carbonyl (C=O) groups excluding carboxylic acids is 2. The molecule has 2 aromatic rings. The molecule has 0 unspecified atom stereocenters. The van der Waals surface area contributed by atoms with E-state index in [1.54, 1.807) is 4.90 Å². The number of fused-ring (bicyclic) bond motifs is 1. The third-order valence-electron chi connectivity index (χ3n) is 6.28. The summed E-state index contributed by atoms with van der Waals surface area (Å²) >= 11 is 0. The molecule has 4 rings (SSSR count). The normalized spacial score (nSPS) is 15.3. The predicted octanol–water partition coefficient (Wildman–Crippen LogP) is 3.60. The molecule has 2 amide bonds. The van der Waals surface area contributed by atoms with Gasteiger partial charge in [0, 0.05) is 49.3 Å². The number of hydrogen-bond acceptors (Lipinski definition) is 5. The number of rotatable bonds is 7. The van der Waals surface area contributed by atoms with Gasteiger partial charge in [-0.05, 0) is 54.7 Å². The molecular formula is C27H32N4O3. The van der Waals surface area contributed by atoms with Gasteiger partial charge in [0.2, 0.25) is 5.91 Å². The number of nitrogens with zero attached hydrogens (tertiary/aromatic N) is 3. The van der Waals surface area contributed by atoms with Crippen LogP contribution in [0.1, 0.15) is 48.5 Å². The molecule has 2 aliphatic rings. The molecule has 2 aliphatic heterocycles. The molecule has 0 bridgehead atoms. The quantitative estimate of drug-likeness (QED) is 0.659. The van der Waals surface area contributed by atoms with Crippen molar-refractivity contribution >= 4 is 29.4 Å². The van der Waals surface area contributed by atoms with Gasteiger partial charge in [-0.3, -0.25) is 9.59 Å². The van der Waals surface area contributed by atoms with Crippen LogP contribution in [0.4, 0.5) is 5.69 Å². The summed E-state index contributed by atoms with van der Waals surface area (Å²) in [5.41, 5.74) is 10.9. The average Bonchev–Trinajstić information content (AvgIpc) is 3.33. The topological polar surface area (TPSA) is 99.2 Å². The zero-order valence-electron chi connectivity index (χ0n) is 19.7. The highest BCUT2D eigenvalue weighted by atomic mass is 16.3. The molecule has 0 atom stereocenters. The standard InChI is InChI=1S/C27H32N4O3/c1-2-11-30(14-15-32)27(34)23-16-22-10-9-21(17-24(22)29-25(28)18-23)19-5-7-20(8-6-19)26(33)31-12-3-4-13-31/h5-10,16-17,32H,2-4,11-15,18H2,1H3,(H2,28,29). The summed E-state index contributed by atoms with van der Waals surface area (Å²) in [5.74, 6) is 0.343. The zero-order valence-corrected chi connectivity index (χ0v) is 19.7. The molecule has 7 heteroatoms. The fourth-order valence-corrected chi connectivity index (χ4v) is 4.52. The van der Waals surface area contributed by atoms with Gasteiger partial charge >= 0.3 is 0 Å². The van der Waals surface area contributed by atoms with Crippen LogP contribution in [0.3, 0.4) is 0 Å². The van der Waals surface area contributed by atoms with Crippen LogP contribution >= 0.6 is 0 Å². The van der Waals surface area contributed by atoms with Crippen LogP contribution < -0.4 is 5.73 Å². The van der Waals surface area contributed by atoms with E-state index in [1.807, 2.05) is 60.4 Å². The Morgan fingerprint density at radius 3 is 2.44 bits per heavy atom. The van der Waals surface area contributed by atoms with Crippen LogP contribution in [-0.4, -0.2) is 65.3 Å². The molecule has 0 spiro atoms. The molecular weight excluding hydrogens is 428 g/mol. The second-order valence-corrected chi connectivity index (χ2v) is 8.82. The summed E-state index contributed by atoms with van der Waals surface area (Å²) < 4.78 is 0. The fraction of sp³-hybridized carbons (Fsp3) is 0.370. The lowest BCUT2D eigenvalue weighted by Gasteiger charge is -2.22. The summed E-state index contributed by atoms with van der Waals surface area (Å²) in [7, 11) is 0. The molecule has 2 aromatic carbocycles. The van der Waals surface area contributed by atoms with Crippen LogP contribution in [0.25, 0.3) is 17.2 Å². The first-order valence-electron chi connectivity index (χ1n) is 12.0. The Labute approximate surface area is 200 Å². The third kappa shape index (κ3) is 5.20. The van der Waals surface area contributed by atoms with E-state index >= 15 is 0 Å². The Balaban J connectivity index is 1.58. The number of likely N-dealkylation sites (tertiary alicyclic amines) is 1. The Morgan fingerprint density at radius 2 is 1.76 bits per heavy atom. The van der Waals surface area contributed by atoms with Crippen molar-refractivity contribution in [1.82, 2.24) is 9.80 Å². The number of aliphatic hydroxyl groups excluding tert-OH is 1. The van der Waals surface area contributed by atoms with Gasteiger partial charge in [-0.25, -0.2) is 4.99 Å². The fourth-order valence-electron chi connectivity index (χ4n) is 4.52. The van der Waals surface area contributed by atoms with Gasteiger partial charge in [0.05, 0.1) is 12.3 Å². The van der Waals surface area contributed by atoms with Crippen molar-refractivity contribution in [1.29, 1.82) is 0 Å². The van der Waals surface area contributed by atoms with E-state index in [2.05, 4.69) is 4.99 Å². The molecule has 0 radical (unpaired) electrons. The van der Waals surface area contributed by atoms with E-state index in [0.29, 0.717) is 35.7 Å². The van der Waals surface area contributed by atoms with Crippen molar-refractivity contribution < 1.29 is 14.7 Å². The lowest BCUT2D eigenvalue weighted by Crippen LogP contribution is -2.36. The summed E-state index contributed by atoms with van der Waals surface area (Å²) in [6.45, 7) is 4.46. The Morgan fingerprint density at radius 1 is 1.06 bits per heavy atom. The minimum absolute atomic E-state index is 0.0784. The van der Waals surface area contributed by atoms with Crippen LogP contribution in [0.15, 0.2) is 53.0 Å². The second-order valence-electron chi connectivity index (χ2n) is 8.82. The summed E-state index contributed by atoms with van der Waals surface area (Å²) in [4.78, 5) is 33.8. The minimum atomic E-state index is -0.121. The SMILES string of the molecule is CCCN(CCO)C(=O)C1=Cc2ccc(-c3ccc(C(=O)N4CCCC4)cc3)cc2N=C(N)C1. The van der Waals surface area contributed by atoms with E-state index < -0.39 is 0 Å². The predicted molar refractivity (Wildman–Crippen MR) is 135 cm³/mol. The molecule has 0 aliphatic carbocycles. The molecule has 0 saturated carbocycles. The van der Waals surface area contributed by atoms with Crippen LogP contribution in [0, 0.1) is 0 Å². The van der Waals surface area contributed by atoms with Crippen molar-refractivity contribution in [3.8, 4) is 11.1 Å². The largest absolute Gasteiger partial charge is 0.395 e. The minimum Gasteiger partial charge on any atom is -0.395 e. The Kier molecular flexibility index (Phi) is 7.43. The van der Waals surface area contributed by atoms with Crippen molar-refractivity contribution in [3.05, 3.63) is 59.2 Å². The number of hydrogen-bond donors (Lipinski definition) is 2. The van der Waals surface area contributed by atoms with Gasteiger partial charge in [-0.2, -0.15) is 0 Å². The molecule has 0 aromatic heterocycles.